The van der Waals surface area contributed by atoms with Crippen LogP contribution in [0.5, 0.6) is 0 Å². The van der Waals surface area contributed by atoms with Crippen LogP contribution >= 0.6 is 11.8 Å². The van der Waals surface area contributed by atoms with Crippen molar-refractivity contribution in [2.45, 2.75) is 25.3 Å². The first-order chi connectivity index (χ1) is 10.3. The number of nitrogens with zero attached hydrogens (tertiary/aromatic N) is 2. The van der Waals surface area contributed by atoms with Gasteiger partial charge in [-0.15, -0.1) is 0 Å². The molecule has 1 fully saturated rings. The van der Waals surface area contributed by atoms with Gasteiger partial charge in [-0.2, -0.15) is 16.7 Å². The van der Waals surface area contributed by atoms with Crippen molar-refractivity contribution in [1.82, 2.24) is 15.5 Å². The van der Waals surface area contributed by atoms with Crippen molar-refractivity contribution in [3.8, 4) is 0 Å². The number of thioether (sulfide) groups is 1. The smallest absolute Gasteiger partial charge is 0.232 e. The molecule has 0 saturated carbocycles. The molecule has 2 unspecified atom stereocenters. The quantitative estimate of drug-likeness (QED) is 0.920. The third-order valence-electron chi connectivity index (χ3n) is 3.60. The van der Waals surface area contributed by atoms with Crippen LogP contribution in [0.3, 0.4) is 0 Å². The molecule has 112 valence electrons. The van der Waals surface area contributed by atoms with E-state index in [1.54, 1.807) is 6.07 Å². The molecule has 1 aliphatic rings. The molecule has 3 rings (SSSR count). The van der Waals surface area contributed by atoms with Crippen molar-refractivity contribution in [3.63, 3.8) is 0 Å². The van der Waals surface area contributed by atoms with Gasteiger partial charge in [0, 0.05) is 24.0 Å². The molecule has 1 N–H and O–H groups in total. The minimum absolute atomic E-state index is 0.240. The van der Waals surface area contributed by atoms with Crippen LogP contribution in [0.15, 0.2) is 28.8 Å². The SMILES string of the molecule is CCNC1CSCC1c1nc(Cc2cccc(F)c2)no1. The van der Waals surface area contributed by atoms with E-state index in [9.17, 15) is 4.39 Å². The molecule has 4 nitrogen and oxygen atoms in total. The first kappa shape index (κ1) is 14.5. The number of aromatic nitrogens is 2. The van der Waals surface area contributed by atoms with Gasteiger partial charge in [0.15, 0.2) is 5.82 Å². The molecular formula is C15H18FN3OS. The number of nitrogens with one attached hydrogen (secondary N) is 1. The summed E-state index contributed by atoms with van der Waals surface area (Å²) in [7, 11) is 0. The van der Waals surface area contributed by atoms with E-state index in [0.29, 0.717) is 24.2 Å². The second-order valence-corrected chi connectivity index (χ2v) is 6.24. The lowest BCUT2D eigenvalue weighted by atomic mass is 10.0. The Balaban J connectivity index is 1.71. The van der Waals surface area contributed by atoms with Crippen molar-refractivity contribution >= 4 is 11.8 Å². The molecule has 1 aromatic heterocycles. The van der Waals surface area contributed by atoms with Gasteiger partial charge in [-0.25, -0.2) is 4.39 Å². The van der Waals surface area contributed by atoms with E-state index in [1.165, 1.54) is 12.1 Å². The standard InChI is InChI=1S/C15H18FN3OS/c1-2-17-13-9-21-8-12(13)15-18-14(19-20-15)7-10-4-3-5-11(16)6-10/h3-6,12-13,17H,2,7-9H2,1H3. The largest absolute Gasteiger partial charge is 0.339 e. The minimum atomic E-state index is -0.240. The Morgan fingerprint density at radius 3 is 3.14 bits per heavy atom. The fourth-order valence-corrected chi connectivity index (χ4v) is 3.95. The third kappa shape index (κ3) is 3.44. The van der Waals surface area contributed by atoms with Crippen LogP contribution in [0.4, 0.5) is 4.39 Å². The average molecular weight is 307 g/mol. The van der Waals surface area contributed by atoms with Crippen LogP contribution in [-0.2, 0) is 6.42 Å². The summed E-state index contributed by atoms with van der Waals surface area (Å²) in [5, 5.41) is 7.50. The molecule has 1 aliphatic heterocycles. The zero-order chi connectivity index (χ0) is 14.7. The lowest BCUT2D eigenvalue weighted by Gasteiger charge is -2.15. The molecule has 0 aliphatic carbocycles. The predicted molar refractivity (Wildman–Crippen MR) is 81.0 cm³/mol. The van der Waals surface area contributed by atoms with E-state index >= 15 is 0 Å². The van der Waals surface area contributed by atoms with Crippen LogP contribution in [0.2, 0.25) is 0 Å². The molecule has 0 amide bonds. The Bertz CT molecular complexity index is 604. The zero-order valence-electron chi connectivity index (χ0n) is 11.9. The first-order valence-electron chi connectivity index (χ1n) is 7.14. The third-order valence-corrected chi connectivity index (χ3v) is 4.79. The molecule has 6 heteroatoms. The first-order valence-corrected chi connectivity index (χ1v) is 8.29. The molecular weight excluding hydrogens is 289 g/mol. The normalized spacial score (nSPS) is 21.8. The number of benzene rings is 1. The van der Waals surface area contributed by atoms with Crippen LogP contribution in [0, 0.1) is 5.82 Å². The van der Waals surface area contributed by atoms with E-state index < -0.39 is 0 Å². The Hall–Kier alpha value is -1.40. The predicted octanol–water partition coefficient (Wildman–Crippen LogP) is 2.61. The minimum Gasteiger partial charge on any atom is -0.339 e. The summed E-state index contributed by atoms with van der Waals surface area (Å²) in [6, 6.07) is 6.89. The van der Waals surface area contributed by atoms with E-state index in [2.05, 4.69) is 22.4 Å². The highest BCUT2D eigenvalue weighted by atomic mass is 32.2. The van der Waals surface area contributed by atoms with Crippen molar-refractivity contribution in [3.05, 3.63) is 47.4 Å². The highest BCUT2D eigenvalue weighted by molar-refractivity contribution is 7.99. The molecule has 1 saturated heterocycles. The lowest BCUT2D eigenvalue weighted by Crippen LogP contribution is -2.34. The maximum atomic E-state index is 13.2. The molecule has 2 heterocycles. The van der Waals surface area contributed by atoms with Gasteiger partial charge in [0.05, 0.1) is 5.92 Å². The Morgan fingerprint density at radius 2 is 2.33 bits per heavy atom. The summed E-state index contributed by atoms with van der Waals surface area (Å²) in [6.07, 6.45) is 0.493. The van der Waals surface area contributed by atoms with Crippen LogP contribution < -0.4 is 5.32 Å². The van der Waals surface area contributed by atoms with Gasteiger partial charge in [0.2, 0.25) is 5.89 Å². The Morgan fingerprint density at radius 1 is 1.43 bits per heavy atom. The maximum absolute atomic E-state index is 13.2. The number of halogens is 1. The fourth-order valence-electron chi connectivity index (χ4n) is 2.58. The van der Waals surface area contributed by atoms with Crippen molar-refractivity contribution < 1.29 is 8.91 Å². The molecule has 21 heavy (non-hydrogen) atoms. The fraction of sp³-hybridized carbons (Fsp3) is 0.467. The van der Waals surface area contributed by atoms with E-state index in [1.807, 2.05) is 17.8 Å². The highest BCUT2D eigenvalue weighted by Gasteiger charge is 2.32. The molecule has 2 atom stereocenters. The van der Waals surface area contributed by atoms with Crippen LogP contribution in [-0.4, -0.2) is 34.2 Å². The summed E-state index contributed by atoms with van der Waals surface area (Å²) in [4.78, 5) is 4.50. The monoisotopic (exact) mass is 307 g/mol. The second kappa shape index (κ2) is 6.58. The van der Waals surface area contributed by atoms with E-state index in [4.69, 9.17) is 4.52 Å². The van der Waals surface area contributed by atoms with Crippen molar-refractivity contribution in [2.75, 3.05) is 18.1 Å². The highest BCUT2D eigenvalue weighted by Crippen LogP contribution is 2.32. The van der Waals surface area contributed by atoms with Crippen LogP contribution in [0.1, 0.15) is 30.1 Å². The Labute approximate surface area is 127 Å². The van der Waals surface area contributed by atoms with Gasteiger partial charge < -0.3 is 9.84 Å². The second-order valence-electron chi connectivity index (χ2n) is 5.16. The van der Waals surface area contributed by atoms with Gasteiger partial charge in [0.25, 0.3) is 0 Å². The maximum Gasteiger partial charge on any atom is 0.232 e. The van der Waals surface area contributed by atoms with Gasteiger partial charge in [-0.3, -0.25) is 0 Å². The topological polar surface area (TPSA) is 51.0 Å². The summed E-state index contributed by atoms with van der Waals surface area (Å²) < 4.78 is 18.6. The van der Waals surface area contributed by atoms with Crippen molar-refractivity contribution in [2.24, 2.45) is 0 Å². The Kier molecular flexibility index (Phi) is 4.55. The van der Waals surface area contributed by atoms with E-state index in [0.717, 1.165) is 23.6 Å². The van der Waals surface area contributed by atoms with Gasteiger partial charge in [-0.1, -0.05) is 24.2 Å². The molecule has 2 aromatic rings. The van der Waals surface area contributed by atoms with E-state index in [-0.39, 0.29) is 11.7 Å². The number of likely N-dealkylation sites (N-methyl/N-ethyl adjacent to an activating group) is 1. The summed E-state index contributed by atoms with van der Waals surface area (Å²) >= 11 is 1.90. The van der Waals surface area contributed by atoms with Gasteiger partial charge in [-0.05, 0) is 24.2 Å². The molecule has 0 bridgehead atoms. The summed E-state index contributed by atoms with van der Waals surface area (Å²) in [5.41, 5.74) is 0.853. The van der Waals surface area contributed by atoms with Crippen LogP contribution in [0.25, 0.3) is 0 Å². The van der Waals surface area contributed by atoms with Gasteiger partial charge in [0.1, 0.15) is 5.82 Å². The number of hydrogen-bond acceptors (Lipinski definition) is 5. The molecule has 1 aromatic carbocycles. The van der Waals surface area contributed by atoms with Crippen molar-refractivity contribution in [1.29, 1.82) is 0 Å². The number of rotatable bonds is 5. The summed E-state index contributed by atoms with van der Waals surface area (Å²) in [6.45, 7) is 3.04. The average Bonchev–Trinajstić information content (AvgIpc) is 3.08. The molecule has 0 radical (unpaired) electrons. The summed E-state index contributed by atoms with van der Waals surface area (Å²) in [5.74, 6) is 3.40. The lowest BCUT2D eigenvalue weighted by molar-refractivity contribution is 0.338. The van der Waals surface area contributed by atoms with Gasteiger partial charge >= 0.3 is 0 Å². The molecule has 0 spiro atoms. The number of hydrogen-bond donors (Lipinski definition) is 1. The zero-order valence-corrected chi connectivity index (χ0v) is 12.7.